The van der Waals surface area contributed by atoms with Gasteiger partial charge in [0.1, 0.15) is 0 Å². The van der Waals surface area contributed by atoms with E-state index in [0.29, 0.717) is 0 Å². The van der Waals surface area contributed by atoms with Crippen LogP contribution in [0, 0.1) is 0 Å². The molecule has 2 aromatic carbocycles. The molecule has 0 spiro atoms. The van der Waals surface area contributed by atoms with Gasteiger partial charge in [0.05, 0.1) is 0 Å². The molecule has 0 fully saturated rings. The van der Waals surface area contributed by atoms with Gasteiger partial charge in [-0.3, -0.25) is 24.7 Å². The van der Waals surface area contributed by atoms with Crippen molar-refractivity contribution >= 4 is 27.9 Å². The van der Waals surface area contributed by atoms with Crippen LogP contribution in [0.15, 0.2) is 60.7 Å². The number of hydrogen-bond donors (Lipinski definition) is 3. The van der Waals surface area contributed by atoms with Crippen molar-refractivity contribution in [1.82, 2.24) is 11.1 Å². The molecule has 0 saturated heterocycles. The number of carboxylic acid groups (broad SMARTS) is 1. The highest BCUT2D eigenvalue weighted by Gasteiger charge is 2.54. The van der Waals surface area contributed by atoms with Crippen LogP contribution in [0.4, 0.5) is 0 Å². The summed E-state index contributed by atoms with van der Waals surface area (Å²) in [4.78, 5) is 33.0. The monoisotopic (exact) mass is 391 g/mol. The number of rotatable bonds is 7. The van der Waals surface area contributed by atoms with Gasteiger partial charge in [-0.2, -0.15) is 8.42 Å². The Hall–Kier alpha value is -3.24. The quantitative estimate of drug-likeness (QED) is 0.458. The third-order valence-electron chi connectivity index (χ3n) is 3.83. The summed E-state index contributed by atoms with van der Waals surface area (Å²) < 4.78 is 33.7. The van der Waals surface area contributed by atoms with Crippen molar-refractivity contribution in [2.24, 2.45) is 0 Å². The lowest BCUT2D eigenvalue weighted by atomic mass is 9.97. The second-order valence-corrected chi connectivity index (χ2v) is 7.09. The van der Waals surface area contributed by atoms with Gasteiger partial charge >= 0.3 is 16.1 Å². The summed E-state index contributed by atoms with van der Waals surface area (Å²) >= 11 is 0. The molecule has 4 N–H and O–H groups in total. The highest BCUT2D eigenvalue weighted by molar-refractivity contribution is 7.87. The smallest absolute Gasteiger partial charge is 0.320 e. The minimum Gasteiger partial charge on any atom is -0.480 e. The minimum atomic E-state index is -5.38. The SMILES string of the molecule is [NH]C(=O)C(NC(=O)C(C(=O)O)c1ccccc1)(c1ccccc1)S(=O)(=O)O. The Kier molecular flexibility index (Phi) is 5.62. The fourth-order valence-electron chi connectivity index (χ4n) is 2.56. The highest BCUT2D eigenvalue weighted by Crippen LogP contribution is 2.29. The average Bonchev–Trinajstić information content (AvgIpc) is 2.59. The Labute approximate surface area is 154 Å². The van der Waals surface area contributed by atoms with Gasteiger partial charge in [0, 0.05) is 5.56 Å². The van der Waals surface area contributed by atoms with Crippen molar-refractivity contribution in [2.75, 3.05) is 0 Å². The van der Waals surface area contributed by atoms with Gasteiger partial charge in [-0.25, -0.2) is 0 Å². The first-order chi connectivity index (χ1) is 12.6. The summed E-state index contributed by atoms with van der Waals surface area (Å²) in [7, 11) is -5.38. The predicted octanol–water partition coefficient (Wildman–Crippen LogP) is 0.521. The molecule has 0 aliphatic rings. The average molecular weight is 391 g/mol. The molecular weight excluding hydrogens is 376 g/mol. The van der Waals surface area contributed by atoms with Crippen molar-refractivity contribution < 1.29 is 32.5 Å². The Balaban J connectivity index is 2.60. The molecule has 2 unspecified atom stereocenters. The van der Waals surface area contributed by atoms with Crippen LogP contribution < -0.4 is 11.1 Å². The minimum absolute atomic E-state index is 0.0252. The van der Waals surface area contributed by atoms with E-state index in [1.165, 1.54) is 42.5 Å². The molecule has 2 rings (SSSR count). The van der Waals surface area contributed by atoms with E-state index in [0.717, 1.165) is 12.1 Å². The highest BCUT2D eigenvalue weighted by atomic mass is 32.2. The number of nitrogens with one attached hydrogen (secondary N) is 2. The van der Waals surface area contributed by atoms with Gasteiger partial charge in [0.15, 0.2) is 5.92 Å². The Morgan fingerprint density at radius 1 is 0.963 bits per heavy atom. The molecule has 27 heavy (non-hydrogen) atoms. The Morgan fingerprint density at radius 3 is 1.85 bits per heavy atom. The number of carbonyl (C=O) groups is 3. The molecule has 0 aromatic heterocycles. The summed E-state index contributed by atoms with van der Waals surface area (Å²) in [6.07, 6.45) is 0. The molecule has 0 heterocycles. The fourth-order valence-corrected chi connectivity index (χ4v) is 3.46. The van der Waals surface area contributed by atoms with Crippen LogP contribution in [0.2, 0.25) is 0 Å². The first-order valence-corrected chi connectivity index (χ1v) is 8.93. The Morgan fingerprint density at radius 2 is 1.44 bits per heavy atom. The maximum absolute atomic E-state index is 12.6. The molecule has 0 saturated carbocycles. The number of carboxylic acids is 1. The summed E-state index contributed by atoms with van der Waals surface area (Å²) in [5, 5.41) is 11.2. The van der Waals surface area contributed by atoms with Crippen molar-refractivity contribution in [3.8, 4) is 0 Å². The lowest BCUT2D eigenvalue weighted by Gasteiger charge is -2.29. The van der Waals surface area contributed by atoms with Crippen LogP contribution in [-0.2, 0) is 29.4 Å². The van der Waals surface area contributed by atoms with Crippen LogP contribution >= 0.6 is 0 Å². The van der Waals surface area contributed by atoms with Crippen LogP contribution in [0.25, 0.3) is 0 Å². The molecule has 0 aliphatic heterocycles. The number of carbonyl (C=O) groups excluding carboxylic acids is 2. The number of benzene rings is 2. The van der Waals surface area contributed by atoms with Crippen molar-refractivity contribution in [1.29, 1.82) is 0 Å². The van der Waals surface area contributed by atoms with E-state index in [1.807, 2.05) is 0 Å². The fraction of sp³-hybridized carbons (Fsp3) is 0.118. The van der Waals surface area contributed by atoms with Crippen molar-refractivity contribution in [2.45, 2.75) is 10.8 Å². The standard InChI is InChI=1S/C17H15N2O7S/c18-16(23)17(27(24,25)26,12-9-5-2-6-10-12)19-14(20)13(15(21)22)11-7-3-1-4-8-11/h1-10,13,18H,(H,19,20)(H,21,22)(H,24,25,26). The summed E-state index contributed by atoms with van der Waals surface area (Å²) in [5.41, 5.74) is 7.00. The molecule has 9 nitrogen and oxygen atoms in total. The largest absolute Gasteiger partial charge is 0.480 e. The Bertz CT molecular complexity index is 961. The molecular formula is C17H15N2O7S. The van der Waals surface area contributed by atoms with E-state index in [-0.39, 0.29) is 5.56 Å². The van der Waals surface area contributed by atoms with E-state index in [9.17, 15) is 32.5 Å². The third kappa shape index (κ3) is 3.81. The van der Waals surface area contributed by atoms with E-state index < -0.39 is 44.3 Å². The lowest BCUT2D eigenvalue weighted by Crippen LogP contribution is -2.58. The summed E-state index contributed by atoms with van der Waals surface area (Å²) in [6.45, 7) is 0. The summed E-state index contributed by atoms with van der Waals surface area (Å²) in [5.74, 6) is -6.69. The second kappa shape index (κ2) is 7.56. The molecule has 2 aromatic rings. The zero-order valence-electron chi connectivity index (χ0n) is 13.7. The van der Waals surface area contributed by atoms with Gasteiger partial charge in [0.25, 0.3) is 10.8 Å². The van der Waals surface area contributed by atoms with Crippen LogP contribution in [0.3, 0.4) is 0 Å². The van der Waals surface area contributed by atoms with Crippen LogP contribution in [0.1, 0.15) is 17.0 Å². The van der Waals surface area contributed by atoms with Gasteiger partial charge in [-0.15, -0.1) is 0 Å². The predicted molar refractivity (Wildman–Crippen MR) is 92.7 cm³/mol. The van der Waals surface area contributed by atoms with E-state index in [4.69, 9.17) is 5.73 Å². The molecule has 0 aliphatic carbocycles. The van der Waals surface area contributed by atoms with Crippen LogP contribution in [-0.4, -0.2) is 35.9 Å². The number of amides is 2. The van der Waals surface area contributed by atoms with Gasteiger partial charge in [-0.05, 0) is 5.56 Å². The topological polar surface area (TPSA) is 162 Å². The second-order valence-electron chi connectivity index (χ2n) is 5.52. The number of hydrogen-bond acceptors (Lipinski definition) is 5. The third-order valence-corrected chi connectivity index (χ3v) is 5.13. The summed E-state index contributed by atoms with van der Waals surface area (Å²) in [6, 6.07) is 13.6. The molecule has 0 bridgehead atoms. The zero-order chi connectivity index (χ0) is 20.2. The van der Waals surface area contributed by atoms with Crippen molar-refractivity contribution in [3.63, 3.8) is 0 Å². The normalized spacial score (nSPS) is 14.6. The maximum Gasteiger partial charge on any atom is 0.320 e. The van der Waals surface area contributed by atoms with Crippen molar-refractivity contribution in [3.05, 3.63) is 71.8 Å². The van der Waals surface area contributed by atoms with E-state index in [2.05, 4.69) is 0 Å². The number of aliphatic carboxylic acids is 1. The van der Waals surface area contributed by atoms with Crippen LogP contribution in [0.5, 0.6) is 0 Å². The molecule has 2 atom stereocenters. The molecule has 1 radical (unpaired) electrons. The van der Waals surface area contributed by atoms with Gasteiger partial charge in [0.2, 0.25) is 5.91 Å². The molecule has 141 valence electrons. The van der Waals surface area contributed by atoms with Gasteiger partial charge < -0.3 is 10.4 Å². The van der Waals surface area contributed by atoms with E-state index >= 15 is 0 Å². The van der Waals surface area contributed by atoms with Gasteiger partial charge in [-0.1, -0.05) is 60.7 Å². The lowest BCUT2D eigenvalue weighted by molar-refractivity contribution is -0.144. The zero-order valence-corrected chi connectivity index (χ0v) is 14.5. The first kappa shape index (κ1) is 20.1. The molecule has 2 amide bonds. The first-order valence-electron chi connectivity index (χ1n) is 7.49. The van der Waals surface area contributed by atoms with E-state index in [1.54, 1.807) is 11.4 Å². The maximum atomic E-state index is 12.6. The molecule has 10 heteroatoms.